The van der Waals surface area contributed by atoms with Crippen molar-refractivity contribution in [1.29, 1.82) is 0 Å². The molecule has 0 bridgehead atoms. The summed E-state index contributed by atoms with van der Waals surface area (Å²) in [6, 6.07) is 0.476. The molecule has 0 aromatic carbocycles. The third kappa shape index (κ3) is 3.93. The van der Waals surface area contributed by atoms with Crippen LogP contribution in [0, 0.1) is 11.8 Å². The first-order valence-electron chi connectivity index (χ1n) is 7.73. The predicted octanol–water partition coefficient (Wildman–Crippen LogP) is 1.30. The van der Waals surface area contributed by atoms with Crippen LogP contribution in [-0.2, 0) is 4.79 Å². The molecule has 2 fully saturated rings. The van der Waals surface area contributed by atoms with Crippen molar-refractivity contribution in [2.24, 2.45) is 17.6 Å². The maximum Gasteiger partial charge on any atom is 0.239 e. The van der Waals surface area contributed by atoms with Crippen molar-refractivity contribution in [3.05, 3.63) is 0 Å². The van der Waals surface area contributed by atoms with Crippen molar-refractivity contribution >= 4 is 5.91 Å². The quantitative estimate of drug-likeness (QED) is 0.817. The zero-order chi connectivity index (χ0) is 14.0. The molecule has 4 nitrogen and oxygen atoms in total. The first kappa shape index (κ1) is 14.8. The Morgan fingerprint density at radius 1 is 1.37 bits per heavy atom. The fourth-order valence-electron chi connectivity index (χ4n) is 2.98. The fraction of sp³-hybridized carbons (Fsp3) is 0.933. The van der Waals surface area contributed by atoms with E-state index >= 15 is 0 Å². The molecule has 110 valence electrons. The van der Waals surface area contributed by atoms with Crippen LogP contribution in [0.25, 0.3) is 0 Å². The van der Waals surface area contributed by atoms with Gasteiger partial charge in [-0.2, -0.15) is 0 Å². The topological polar surface area (TPSA) is 49.6 Å². The average Bonchev–Trinajstić information content (AvgIpc) is 3.21. The SMILES string of the molecule is CC(C)C(N)C(=O)N1CCCC(CN(C)C2CC2)C1. The lowest BCUT2D eigenvalue weighted by molar-refractivity contribution is -0.135. The smallest absolute Gasteiger partial charge is 0.239 e. The third-order valence-electron chi connectivity index (χ3n) is 4.55. The number of likely N-dealkylation sites (tertiary alicyclic amines) is 1. The van der Waals surface area contributed by atoms with E-state index in [9.17, 15) is 4.79 Å². The molecule has 4 heteroatoms. The number of carbonyl (C=O) groups excluding carboxylic acids is 1. The number of nitrogens with zero attached hydrogens (tertiary/aromatic N) is 2. The van der Waals surface area contributed by atoms with Gasteiger partial charge >= 0.3 is 0 Å². The van der Waals surface area contributed by atoms with Gasteiger partial charge in [-0.3, -0.25) is 4.79 Å². The molecular formula is C15H29N3O. The van der Waals surface area contributed by atoms with Crippen LogP contribution >= 0.6 is 0 Å². The Hall–Kier alpha value is -0.610. The molecule has 2 rings (SSSR count). The molecular weight excluding hydrogens is 238 g/mol. The predicted molar refractivity (Wildman–Crippen MR) is 77.8 cm³/mol. The molecule has 1 aliphatic heterocycles. The highest BCUT2D eigenvalue weighted by atomic mass is 16.2. The molecule has 0 aromatic rings. The minimum Gasteiger partial charge on any atom is -0.341 e. The molecule has 1 saturated carbocycles. The number of carbonyl (C=O) groups is 1. The lowest BCUT2D eigenvalue weighted by Gasteiger charge is -2.36. The van der Waals surface area contributed by atoms with Gasteiger partial charge in [0.25, 0.3) is 0 Å². The number of piperidine rings is 1. The number of amides is 1. The van der Waals surface area contributed by atoms with E-state index in [-0.39, 0.29) is 17.9 Å². The number of hydrogen-bond donors (Lipinski definition) is 1. The monoisotopic (exact) mass is 267 g/mol. The van der Waals surface area contributed by atoms with Crippen LogP contribution in [0.4, 0.5) is 0 Å². The Morgan fingerprint density at radius 3 is 2.63 bits per heavy atom. The molecule has 1 amide bonds. The highest BCUT2D eigenvalue weighted by molar-refractivity contribution is 5.82. The van der Waals surface area contributed by atoms with Crippen molar-refractivity contribution in [3.63, 3.8) is 0 Å². The van der Waals surface area contributed by atoms with Gasteiger partial charge in [0.1, 0.15) is 0 Å². The van der Waals surface area contributed by atoms with Crippen LogP contribution in [0.1, 0.15) is 39.5 Å². The molecule has 2 unspecified atom stereocenters. The van der Waals surface area contributed by atoms with Gasteiger partial charge in [0.15, 0.2) is 0 Å². The molecule has 2 N–H and O–H groups in total. The second kappa shape index (κ2) is 6.23. The average molecular weight is 267 g/mol. The van der Waals surface area contributed by atoms with E-state index in [1.807, 2.05) is 18.7 Å². The fourth-order valence-corrected chi connectivity index (χ4v) is 2.98. The highest BCUT2D eigenvalue weighted by Crippen LogP contribution is 2.27. The summed E-state index contributed by atoms with van der Waals surface area (Å²) in [5, 5.41) is 0. The van der Waals surface area contributed by atoms with E-state index in [0.29, 0.717) is 5.92 Å². The Labute approximate surface area is 117 Å². The first-order valence-corrected chi connectivity index (χ1v) is 7.73. The molecule has 0 spiro atoms. The minimum atomic E-state index is -0.333. The lowest BCUT2D eigenvalue weighted by atomic mass is 9.95. The van der Waals surface area contributed by atoms with Crippen LogP contribution in [0.15, 0.2) is 0 Å². The number of rotatable bonds is 5. The molecule has 1 heterocycles. The van der Waals surface area contributed by atoms with Gasteiger partial charge in [-0.1, -0.05) is 13.8 Å². The van der Waals surface area contributed by atoms with Gasteiger partial charge in [0, 0.05) is 25.7 Å². The third-order valence-corrected chi connectivity index (χ3v) is 4.55. The molecule has 0 aromatic heterocycles. The molecule has 2 atom stereocenters. The van der Waals surface area contributed by atoms with Crippen LogP contribution in [0.2, 0.25) is 0 Å². The number of nitrogens with two attached hydrogens (primary N) is 1. The van der Waals surface area contributed by atoms with E-state index in [1.165, 1.54) is 19.3 Å². The van der Waals surface area contributed by atoms with Gasteiger partial charge in [-0.05, 0) is 44.6 Å². The van der Waals surface area contributed by atoms with Gasteiger partial charge < -0.3 is 15.5 Å². The van der Waals surface area contributed by atoms with Crippen molar-refractivity contribution in [3.8, 4) is 0 Å². The van der Waals surface area contributed by atoms with Crippen LogP contribution in [-0.4, -0.2) is 54.5 Å². The van der Waals surface area contributed by atoms with E-state index in [2.05, 4.69) is 11.9 Å². The van der Waals surface area contributed by atoms with Crippen LogP contribution in [0.3, 0.4) is 0 Å². The van der Waals surface area contributed by atoms with Crippen molar-refractivity contribution < 1.29 is 4.79 Å². The van der Waals surface area contributed by atoms with E-state index in [1.54, 1.807) is 0 Å². The first-order chi connectivity index (χ1) is 8.99. The Kier molecular flexibility index (Phi) is 4.85. The Bertz CT molecular complexity index is 315. The maximum absolute atomic E-state index is 12.3. The van der Waals surface area contributed by atoms with Crippen molar-refractivity contribution in [2.45, 2.75) is 51.6 Å². The van der Waals surface area contributed by atoms with Gasteiger partial charge in [-0.25, -0.2) is 0 Å². The van der Waals surface area contributed by atoms with Gasteiger partial charge in [-0.15, -0.1) is 0 Å². The van der Waals surface area contributed by atoms with Crippen LogP contribution < -0.4 is 5.73 Å². The van der Waals surface area contributed by atoms with Crippen molar-refractivity contribution in [1.82, 2.24) is 9.80 Å². The highest BCUT2D eigenvalue weighted by Gasteiger charge is 2.32. The standard InChI is InChI=1S/C15H29N3O/c1-11(2)14(16)15(19)18-8-4-5-12(10-18)9-17(3)13-6-7-13/h11-14H,4-10,16H2,1-3H3. The summed E-state index contributed by atoms with van der Waals surface area (Å²) in [6.45, 7) is 6.96. The second-order valence-electron chi connectivity index (χ2n) is 6.73. The van der Waals surface area contributed by atoms with E-state index in [0.717, 1.165) is 32.1 Å². The zero-order valence-corrected chi connectivity index (χ0v) is 12.6. The number of hydrogen-bond acceptors (Lipinski definition) is 3. The summed E-state index contributed by atoms with van der Waals surface area (Å²) >= 11 is 0. The second-order valence-corrected chi connectivity index (χ2v) is 6.73. The van der Waals surface area contributed by atoms with Crippen molar-refractivity contribution in [2.75, 3.05) is 26.7 Å². The summed E-state index contributed by atoms with van der Waals surface area (Å²) in [7, 11) is 2.22. The van der Waals surface area contributed by atoms with E-state index < -0.39 is 0 Å². The summed E-state index contributed by atoms with van der Waals surface area (Å²) < 4.78 is 0. The minimum absolute atomic E-state index is 0.147. The summed E-state index contributed by atoms with van der Waals surface area (Å²) in [6.07, 6.45) is 5.08. The molecule has 0 radical (unpaired) electrons. The largest absolute Gasteiger partial charge is 0.341 e. The summed E-state index contributed by atoms with van der Waals surface area (Å²) in [5.74, 6) is 0.999. The lowest BCUT2D eigenvalue weighted by Crippen LogP contribution is -2.51. The molecule has 1 aliphatic carbocycles. The van der Waals surface area contributed by atoms with Gasteiger partial charge in [0.2, 0.25) is 5.91 Å². The molecule has 1 saturated heterocycles. The Morgan fingerprint density at radius 2 is 2.05 bits per heavy atom. The van der Waals surface area contributed by atoms with Gasteiger partial charge in [0.05, 0.1) is 6.04 Å². The molecule has 2 aliphatic rings. The van der Waals surface area contributed by atoms with E-state index in [4.69, 9.17) is 5.73 Å². The summed E-state index contributed by atoms with van der Waals surface area (Å²) in [4.78, 5) is 16.8. The van der Waals surface area contributed by atoms with Crippen LogP contribution in [0.5, 0.6) is 0 Å². The zero-order valence-electron chi connectivity index (χ0n) is 12.6. The Balaban J connectivity index is 1.83. The maximum atomic E-state index is 12.3. The summed E-state index contributed by atoms with van der Waals surface area (Å²) in [5.41, 5.74) is 5.99. The normalized spacial score (nSPS) is 26.0. The molecule has 19 heavy (non-hydrogen) atoms.